The van der Waals surface area contributed by atoms with Crippen LogP contribution in [0.15, 0.2) is 52.6 Å². The summed E-state index contributed by atoms with van der Waals surface area (Å²) in [5.74, 6) is 1.38. The van der Waals surface area contributed by atoms with E-state index in [2.05, 4.69) is 15.0 Å². The van der Waals surface area contributed by atoms with E-state index >= 15 is 0 Å². The molecule has 3 aromatic rings. The van der Waals surface area contributed by atoms with Gasteiger partial charge in [0.1, 0.15) is 22.3 Å². The van der Waals surface area contributed by atoms with Gasteiger partial charge in [0.15, 0.2) is 14.9 Å². The smallest absolute Gasteiger partial charge is 0.192 e. The SMILES string of the molecule is CCCC(=O)CC1CN=C(c2cc3cc(Oc4ccc(S(C)(=O)=O)nc4)ccc3[nH]2)S1. The fourth-order valence-electron chi connectivity index (χ4n) is 3.38. The number of pyridine rings is 1. The van der Waals surface area contributed by atoms with Gasteiger partial charge in [0.05, 0.1) is 18.4 Å². The molecule has 0 saturated heterocycles. The summed E-state index contributed by atoms with van der Waals surface area (Å²) in [6.07, 6.45) is 4.59. The number of nitrogens with zero attached hydrogens (tertiary/aromatic N) is 2. The number of fused-ring (bicyclic) bond motifs is 1. The van der Waals surface area contributed by atoms with Gasteiger partial charge < -0.3 is 9.72 Å². The van der Waals surface area contributed by atoms with Crippen LogP contribution >= 0.6 is 11.8 Å². The lowest BCUT2D eigenvalue weighted by Gasteiger charge is -2.06. The Kier molecular flexibility index (Phi) is 6.15. The van der Waals surface area contributed by atoms with Crippen LogP contribution in [0.5, 0.6) is 11.5 Å². The lowest BCUT2D eigenvalue weighted by atomic mass is 10.1. The van der Waals surface area contributed by atoms with E-state index in [-0.39, 0.29) is 10.3 Å². The number of benzene rings is 1. The van der Waals surface area contributed by atoms with E-state index in [0.29, 0.717) is 36.7 Å². The Morgan fingerprint density at radius 3 is 2.74 bits per heavy atom. The summed E-state index contributed by atoms with van der Waals surface area (Å²) in [6.45, 7) is 2.68. The number of aromatic amines is 1. The Morgan fingerprint density at radius 2 is 2.03 bits per heavy atom. The number of aromatic nitrogens is 2. The highest BCUT2D eigenvalue weighted by Gasteiger charge is 2.24. The Labute approximate surface area is 185 Å². The third kappa shape index (κ3) is 5.16. The number of Topliss-reactive ketones (excluding diaryl/α,β-unsaturated/α-hetero) is 1. The molecule has 1 aromatic carbocycles. The highest BCUT2D eigenvalue weighted by Crippen LogP contribution is 2.31. The number of carbonyl (C=O) groups is 1. The molecule has 0 spiro atoms. The maximum absolute atomic E-state index is 11.9. The third-order valence-corrected chi connectivity index (χ3v) is 7.07. The molecule has 1 N–H and O–H groups in total. The molecular formula is C22H23N3O4S2. The van der Waals surface area contributed by atoms with Crippen molar-refractivity contribution in [3.8, 4) is 11.5 Å². The highest BCUT2D eigenvalue weighted by molar-refractivity contribution is 8.15. The second-order valence-corrected chi connectivity index (χ2v) is 10.8. The molecule has 1 aliphatic rings. The lowest BCUT2D eigenvalue weighted by molar-refractivity contribution is -0.119. The number of thioether (sulfide) groups is 1. The molecule has 7 nitrogen and oxygen atoms in total. The Morgan fingerprint density at radius 1 is 1.23 bits per heavy atom. The number of hydrogen-bond donors (Lipinski definition) is 1. The van der Waals surface area contributed by atoms with Gasteiger partial charge in [-0.05, 0) is 42.8 Å². The molecule has 0 radical (unpaired) electrons. The number of H-pyrrole nitrogens is 1. The fourth-order valence-corrected chi connectivity index (χ4v) is 5.06. The van der Waals surface area contributed by atoms with Gasteiger partial charge >= 0.3 is 0 Å². The molecule has 1 unspecified atom stereocenters. The zero-order chi connectivity index (χ0) is 22.0. The van der Waals surface area contributed by atoms with Crippen LogP contribution in [-0.4, -0.2) is 47.3 Å². The number of carbonyl (C=O) groups excluding carboxylic acids is 1. The molecule has 3 heterocycles. The lowest BCUT2D eigenvalue weighted by Crippen LogP contribution is -2.11. The molecule has 31 heavy (non-hydrogen) atoms. The monoisotopic (exact) mass is 457 g/mol. The van der Waals surface area contributed by atoms with Gasteiger partial charge in [-0.2, -0.15) is 0 Å². The minimum atomic E-state index is -3.34. The number of ether oxygens (including phenoxy) is 1. The molecule has 0 saturated carbocycles. The molecule has 0 fully saturated rings. The van der Waals surface area contributed by atoms with Gasteiger partial charge in [-0.15, -0.1) is 0 Å². The maximum Gasteiger partial charge on any atom is 0.192 e. The van der Waals surface area contributed by atoms with Crippen LogP contribution in [0.3, 0.4) is 0 Å². The summed E-state index contributed by atoms with van der Waals surface area (Å²) in [6, 6.07) is 10.7. The summed E-state index contributed by atoms with van der Waals surface area (Å²) < 4.78 is 28.9. The summed E-state index contributed by atoms with van der Waals surface area (Å²) in [5, 5.41) is 2.12. The molecule has 1 aliphatic heterocycles. The summed E-state index contributed by atoms with van der Waals surface area (Å²) in [5.41, 5.74) is 1.89. The van der Waals surface area contributed by atoms with Crippen LogP contribution in [0.2, 0.25) is 0 Å². The maximum atomic E-state index is 11.9. The first-order chi connectivity index (χ1) is 14.8. The van der Waals surface area contributed by atoms with Gasteiger partial charge in [-0.3, -0.25) is 9.79 Å². The molecule has 0 amide bonds. The van der Waals surface area contributed by atoms with Crippen molar-refractivity contribution in [3.63, 3.8) is 0 Å². The van der Waals surface area contributed by atoms with Gasteiger partial charge in [-0.1, -0.05) is 18.7 Å². The molecule has 162 valence electrons. The van der Waals surface area contributed by atoms with Crippen LogP contribution in [0.1, 0.15) is 31.9 Å². The first-order valence-corrected chi connectivity index (χ1v) is 12.8. The van der Waals surface area contributed by atoms with E-state index in [9.17, 15) is 13.2 Å². The quantitative estimate of drug-likeness (QED) is 0.539. The number of sulfone groups is 1. The molecule has 1 atom stereocenters. The van der Waals surface area contributed by atoms with Gasteiger partial charge in [0.2, 0.25) is 0 Å². The third-order valence-electron chi connectivity index (χ3n) is 4.85. The zero-order valence-electron chi connectivity index (χ0n) is 17.3. The summed E-state index contributed by atoms with van der Waals surface area (Å²) in [7, 11) is -3.34. The van der Waals surface area contributed by atoms with Crippen molar-refractivity contribution in [3.05, 3.63) is 48.3 Å². The van der Waals surface area contributed by atoms with E-state index < -0.39 is 9.84 Å². The van der Waals surface area contributed by atoms with Gasteiger partial charge in [0.25, 0.3) is 0 Å². The Hall–Kier alpha value is -2.65. The number of nitrogens with one attached hydrogen (secondary N) is 1. The Balaban J connectivity index is 1.46. The topological polar surface area (TPSA) is 101 Å². The second-order valence-electron chi connectivity index (χ2n) is 7.52. The van der Waals surface area contributed by atoms with E-state index in [1.807, 2.05) is 31.2 Å². The first-order valence-electron chi connectivity index (χ1n) is 10.0. The van der Waals surface area contributed by atoms with Crippen molar-refractivity contribution in [2.24, 2.45) is 4.99 Å². The molecular weight excluding hydrogens is 434 g/mol. The molecule has 2 aromatic heterocycles. The van der Waals surface area contributed by atoms with Crippen LogP contribution in [0.25, 0.3) is 10.9 Å². The van der Waals surface area contributed by atoms with E-state index in [1.54, 1.807) is 17.8 Å². The average Bonchev–Trinajstić information content (AvgIpc) is 3.34. The number of ketones is 1. The average molecular weight is 458 g/mol. The molecule has 0 bridgehead atoms. The molecule has 0 aliphatic carbocycles. The van der Waals surface area contributed by atoms with Crippen molar-refractivity contribution in [2.75, 3.05) is 12.8 Å². The van der Waals surface area contributed by atoms with E-state index in [1.165, 1.54) is 12.3 Å². The highest BCUT2D eigenvalue weighted by atomic mass is 32.2. The predicted molar refractivity (Wildman–Crippen MR) is 123 cm³/mol. The van der Waals surface area contributed by atoms with E-state index in [0.717, 1.165) is 34.3 Å². The minimum absolute atomic E-state index is 0.00937. The van der Waals surface area contributed by atoms with Crippen molar-refractivity contribution in [1.82, 2.24) is 9.97 Å². The van der Waals surface area contributed by atoms with Crippen molar-refractivity contribution >= 4 is 43.3 Å². The summed E-state index contributed by atoms with van der Waals surface area (Å²) >= 11 is 1.65. The number of rotatable bonds is 8. The van der Waals surface area contributed by atoms with Crippen LogP contribution in [0, 0.1) is 0 Å². The predicted octanol–water partition coefficient (Wildman–Crippen LogP) is 4.38. The summed E-state index contributed by atoms with van der Waals surface area (Å²) in [4.78, 5) is 23.9. The second kappa shape index (κ2) is 8.84. The standard InChI is InChI=1S/C22H23N3O4S2/c1-3-4-15(26)11-18-13-24-22(30-18)20-10-14-9-16(5-7-19(14)25-20)29-17-6-8-21(23-12-17)31(2,27)28/h5-10,12,18,25H,3-4,11,13H2,1-2H3. The fraction of sp³-hybridized carbons (Fsp3) is 0.318. The molecule has 4 rings (SSSR count). The Bertz CT molecular complexity index is 1250. The van der Waals surface area contributed by atoms with Crippen molar-refractivity contribution in [1.29, 1.82) is 0 Å². The number of aliphatic imine (C=N–C) groups is 1. The van der Waals surface area contributed by atoms with Crippen LogP contribution < -0.4 is 4.74 Å². The van der Waals surface area contributed by atoms with Gasteiger partial charge in [0, 0.05) is 35.3 Å². The van der Waals surface area contributed by atoms with Crippen LogP contribution in [-0.2, 0) is 14.6 Å². The zero-order valence-corrected chi connectivity index (χ0v) is 18.9. The normalized spacial score (nSPS) is 16.5. The van der Waals surface area contributed by atoms with Crippen LogP contribution in [0.4, 0.5) is 0 Å². The van der Waals surface area contributed by atoms with Crippen molar-refractivity contribution in [2.45, 2.75) is 36.5 Å². The van der Waals surface area contributed by atoms with Gasteiger partial charge in [-0.25, -0.2) is 13.4 Å². The number of hydrogen-bond acceptors (Lipinski definition) is 7. The minimum Gasteiger partial charge on any atom is -0.456 e. The van der Waals surface area contributed by atoms with E-state index in [4.69, 9.17) is 4.74 Å². The molecule has 9 heteroatoms. The van der Waals surface area contributed by atoms with Crippen molar-refractivity contribution < 1.29 is 17.9 Å². The largest absolute Gasteiger partial charge is 0.456 e. The first kappa shape index (κ1) is 21.6.